The Morgan fingerprint density at radius 3 is 2.59 bits per heavy atom. The van der Waals surface area contributed by atoms with E-state index in [1.165, 1.54) is 16.0 Å². The Balaban J connectivity index is 1.33. The Kier molecular flexibility index (Phi) is 5.38. The number of aromatic nitrogens is 1. The number of aryl methyl sites for hydroxylation is 2. The van der Waals surface area contributed by atoms with Crippen molar-refractivity contribution in [3.8, 4) is 10.6 Å². The maximum atomic E-state index is 12.8. The summed E-state index contributed by atoms with van der Waals surface area (Å²) in [5.74, 6) is 0.145. The molecule has 0 atom stereocenters. The number of carbonyl (C=O) groups excluding carboxylic acids is 1. The fraction of sp³-hybridized carbons (Fsp3) is 0.333. The third-order valence-corrected chi connectivity index (χ3v) is 6.82. The highest BCUT2D eigenvalue weighted by Gasteiger charge is 2.23. The monoisotopic (exact) mass is 397 g/mol. The predicted octanol–water partition coefficient (Wildman–Crippen LogP) is 4.45. The normalized spacial score (nSPS) is 15.3. The average Bonchev–Trinajstić information content (AvgIpc) is 3.36. The van der Waals surface area contributed by atoms with Gasteiger partial charge in [0.2, 0.25) is 0 Å². The van der Waals surface area contributed by atoms with E-state index in [-0.39, 0.29) is 5.91 Å². The maximum Gasteiger partial charge on any atom is 0.253 e. The highest BCUT2D eigenvalue weighted by atomic mass is 32.1. The van der Waals surface area contributed by atoms with Gasteiger partial charge in [0.05, 0.1) is 17.1 Å². The van der Waals surface area contributed by atoms with Crippen molar-refractivity contribution >= 4 is 28.6 Å². The SMILES string of the molecule is Cc1ccc(C(=O)N2CCN(Cc3nc(-c4cccs4)cs3)CC2)cc1C. The van der Waals surface area contributed by atoms with Crippen molar-refractivity contribution in [3.63, 3.8) is 0 Å². The van der Waals surface area contributed by atoms with Crippen molar-refractivity contribution < 1.29 is 4.79 Å². The third kappa shape index (κ3) is 4.13. The lowest BCUT2D eigenvalue weighted by Gasteiger charge is -2.34. The second-order valence-corrected chi connectivity index (χ2v) is 8.86. The van der Waals surface area contributed by atoms with Crippen LogP contribution in [-0.4, -0.2) is 46.9 Å². The van der Waals surface area contributed by atoms with Gasteiger partial charge in [-0.15, -0.1) is 22.7 Å². The second-order valence-electron chi connectivity index (χ2n) is 6.97. The quantitative estimate of drug-likeness (QED) is 0.653. The molecule has 0 aliphatic carbocycles. The van der Waals surface area contributed by atoms with Crippen LogP contribution in [0.5, 0.6) is 0 Å². The summed E-state index contributed by atoms with van der Waals surface area (Å²) < 4.78 is 0. The molecule has 1 aromatic carbocycles. The number of nitrogens with zero attached hydrogens (tertiary/aromatic N) is 3. The lowest BCUT2D eigenvalue weighted by molar-refractivity contribution is 0.0628. The van der Waals surface area contributed by atoms with Crippen LogP contribution >= 0.6 is 22.7 Å². The molecular formula is C21H23N3OS2. The van der Waals surface area contributed by atoms with Gasteiger partial charge in [-0.1, -0.05) is 12.1 Å². The molecule has 27 heavy (non-hydrogen) atoms. The van der Waals surface area contributed by atoms with Gasteiger partial charge in [0.15, 0.2) is 0 Å². The van der Waals surface area contributed by atoms with Crippen LogP contribution in [-0.2, 0) is 6.54 Å². The Labute approximate surface area is 168 Å². The van der Waals surface area contributed by atoms with E-state index in [0.717, 1.165) is 49.0 Å². The molecule has 0 radical (unpaired) electrons. The Morgan fingerprint density at radius 1 is 1.07 bits per heavy atom. The van der Waals surface area contributed by atoms with Crippen molar-refractivity contribution in [2.75, 3.05) is 26.2 Å². The summed E-state index contributed by atoms with van der Waals surface area (Å²) in [6.45, 7) is 8.33. The fourth-order valence-corrected chi connectivity index (χ4v) is 4.87. The van der Waals surface area contributed by atoms with Crippen molar-refractivity contribution in [1.82, 2.24) is 14.8 Å². The molecule has 1 aliphatic rings. The van der Waals surface area contributed by atoms with E-state index in [9.17, 15) is 4.79 Å². The summed E-state index contributed by atoms with van der Waals surface area (Å²) in [6, 6.07) is 10.2. The molecule has 140 valence electrons. The topological polar surface area (TPSA) is 36.4 Å². The van der Waals surface area contributed by atoms with E-state index in [1.54, 1.807) is 22.7 Å². The highest BCUT2D eigenvalue weighted by molar-refractivity contribution is 7.14. The van der Waals surface area contributed by atoms with Crippen LogP contribution in [0.15, 0.2) is 41.1 Å². The smallest absolute Gasteiger partial charge is 0.253 e. The van der Waals surface area contributed by atoms with Gasteiger partial charge < -0.3 is 4.90 Å². The van der Waals surface area contributed by atoms with Gasteiger partial charge >= 0.3 is 0 Å². The number of benzene rings is 1. The lowest BCUT2D eigenvalue weighted by Crippen LogP contribution is -2.48. The first-order chi connectivity index (χ1) is 13.1. The van der Waals surface area contributed by atoms with Crippen molar-refractivity contribution in [3.05, 3.63) is 62.8 Å². The standard InChI is InChI=1S/C21H23N3OS2/c1-15-5-6-17(12-16(15)2)21(25)24-9-7-23(8-10-24)13-20-22-18(14-27-20)19-4-3-11-26-19/h3-6,11-12,14H,7-10,13H2,1-2H3. The number of hydrogen-bond donors (Lipinski definition) is 0. The minimum atomic E-state index is 0.145. The molecule has 4 rings (SSSR count). The van der Waals surface area contributed by atoms with Gasteiger partial charge in [0, 0.05) is 37.1 Å². The molecular weight excluding hydrogens is 374 g/mol. The Morgan fingerprint density at radius 2 is 1.89 bits per heavy atom. The van der Waals surface area contributed by atoms with E-state index in [1.807, 2.05) is 23.1 Å². The molecule has 3 heterocycles. The van der Waals surface area contributed by atoms with E-state index in [0.29, 0.717) is 0 Å². The molecule has 1 aliphatic heterocycles. The molecule has 0 unspecified atom stereocenters. The first kappa shape index (κ1) is 18.3. The zero-order chi connectivity index (χ0) is 18.8. The summed E-state index contributed by atoms with van der Waals surface area (Å²) in [6.07, 6.45) is 0. The number of amides is 1. The van der Waals surface area contributed by atoms with E-state index >= 15 is 0 Å². The number of carbonyl (C=O) groups is 1. The summed E-state index contributed by atoms with van der Waals surface area (Å²) in [4.78, 5) is 23.1. The summed E-state index contributed by atoms with van der Waals surface area (Å²) in [7, 11) is 0. The molecule has 6 heteroatoms. The number of piperazine rings is 1. The minimum absolute atomic E-state index is 0.145. The van der Waals surface area contributed by atoms with Crippen LogP contribution in [0.25, 0.3) is 10.6 Å². The highest BCUT2D eigenvalue weighted by Crippen LogP contribution is 2.26. The molecule has 1 saturated heterocycles. The zero-order valence-electron chi connectivity index (χ0n) is 15.6. The molecule has 2 aromatic heterocycles. The third-order valence-electron chi connectivity index (χ3n) is 5.10. The molecule has 0 N–H and O–H groups in total. The minimum Gasteiger partial charge on any atom is -0.336 e. The van der Waals surface area contributed by atoms with Crippen LogP contribution in [0, 0.1) is 13.8 Å². The first-order valence-corrected chi connectivity index (χ1v) is 10.9. The van der Waals surface area contributed by atoms with Crippen LogP contribution in [0.4, 0.5) is 0 Å². The molecule has 3 aromatic rings. The second kappa shape index (κ2) is 7.92. The van der Waals surface area contributed by atoms with E-state index in [2.05, 4.69) is 41.6 Å². The summed E-state index contributed by atoms with van der Waals surface area (Å²) in [5.41, 5.74) is 4.27. The average molecular weight is 398 g/mol. The predicted molar refractivity (Wildman–Crippen MR) is 113 cm³/mol. The van der Waals surface area contributed by atoms with Gasteiger partial charge in [0.25, 0.3) is 5.91 Å². The zero-order valence-corrected chi connectivity index (χ0v) is 17.3. The van der Waals surface area contributed by atoms with E-state index < -0.39 is 0 Å². The molecule has 0 spiro atoms. The van der Waals surface area contributed by atoms with Gasteiger partial charge in [-0.25, -0.2) is 4.98 Å². The number of thiophene rings is 1. The van der Waals surface area contributed by atoms with Crippen molar-refractivity contribution in [2.24, 2.45) is 0 Å². The number of hydrogen-bond acceptors (Lipinski definition) is 5. The van der Waals surface area contributed by atoms with Gasteiger partial charge in [-0.05, 0) is 48.6 Å². The summed E-state index contributed by atoms with van der Waals surface area (Å²) >= 11 is 3.45. The largest absolute Gasteiger partial charge is 0.336 e. The molecule has 0 saturated carbocycles. The number of thiazole rings is 1. The lowest BCUT2D eigenvalue weighted by atomic mass is 10.1. The fourth-order valence-electron chi connectivity index (χ4n) is 3.28. The Bertz CT molecular complexity index is 925. The molecule has 0 bridgehead atoms. The van der Waals surface area contributed by atoms with Gasteiger partial charge in [-0.3, -0.25) is 9.69 Å². The molecule has 1 fully saturated rings. The van der Waals surface area contributed by atoms with Crippen LogP contribution in [0.3, 0.4) is 0 Å². The maximum absolute atomic E-state index is 12.8. The first-order valence-electron chi connectivity index (χ1n) is 9.17. The van der Waals surface area contributed by atoms with Crippen LogP contribution in [0.1, 0.15) is 26.5 Å². The van der Waals surface area contributed by atoms with Crippen molar-refractivity contribution in [2.45, 2.75) is 20.4 Å². The summed E-state index contributed by atoms with van der Waals surface area (Å²) in [5, 5.41) is 5.37. The van der Waals surface area contributed by atoms with Crippen LogP contribution < -0.4 is 0 Å². The van der Waals surface area contributed by atoms with Crippen LogP contribution in [0.2, 0.25) is 0 Å². The molecule has 1 amide bonds. The van der Waals surface area contributed by atoms with Gasteiger partial charge in [-0.2, -0.15) is 0 Å². The number of rotatable bonds is 4. The Hall–Kier alpha value is -2.02. The van der Waals surface area contributed by atoms with E-state index in [4.69, 9.17) is 4.98 Å². The van der Waals surface area contributed by atoms with Crippen molar-refractivity contribution in [1.29, 1.82) is 0 Å². The van der Waals surface area contributed by atoms with Gasteiger partial charge in [0.1, 0.15) is 5.01 Å². The molecule has 4 nitrogen and oxygen atoms in total.